The molecule has 0 heterocycles. The SMILES string of the molecule is CNCCN(C)S(=O)(=O)c1cc(C)c(C)c([N+](=O)[O-])c1. The van der Waals surface area contributed by atoms with Crippen LogP contribution >= 0.6 is 0 Å². The van der Waals surface area contributed by atoms with Gasteiger partial charge in [0.05, 0.1) is 9.82 Å². The molecule has 1 rings (SSSR count). The molecule has 0 unspecified atom stereocenters. The number of hydrogen-bond acceptors (Lipinski definition) is 5. The molecule has 0 saturated heterocycles. The Labute approximate surface area is 118 Å². The predicted octanol–water partition coefficient (Wildman–Crippen LogP) is 1.05. The molecule has 0 aliphatic carbocycles. The Kier molecular flexibility index (Phi) is 5.21. The highest BCUT2D eigenvalue weighted by Gasteiger charge is 2.25. The van der Waals surface area contributed by atoms with Crippen LogP contribution in [-0.2, 0) is 10.0 Å². The fourth-order valence-electron chi connectivity index (χ4n) is 1.72. The topological polar surface area (TPSA) is 92.6 Å². The Morgan fingerprint density at radius 1 is 1.35 bits per heavy atom. The van der Waals surface area contributed by atoms with E-state index in [-0.39, 0.29) is 10.6 Å². The van der Waals surface area contributed by atoms with Crippen LogP contribution in [0.4, 0.5) is 5.69 Å². The van der Waals surface area contributed by atoms with E-state index in [9.17, 15) is 18.5 Å². The third-order valence-corrected chi connectivity index (χ3v) is 5.03. The molecule has 0 spiro atoms. The van der Waals surface area contributed by atoms with Crippen LogP contribution in [-0.4, -0.2) is 44.8 Å². The molecule has 0 aliphatic rings. The van der Waals surface area contributed by atoms with Crippen LogP contribution in [0.25, 0.3) is 0 Å². The van der Waals surface area contributed by atoms with Crippen LogP contribution in [0.3, 0.4) is 0 Å². The Bertz CT molecular complexity index is 613. The first-order valence-corrected chi connectivity index (χ1v) is 7.52. The van der Waals surface area contributed by atoms with Crippen molar-refractivity contribution in [1.82, 2.24) is 9.62 Å². The number of benzene rings is 1. The van der Waals surface area contributed by atoms with E-state index in [4.69, 9.17) is 0 Å². The molecule has 0 fully saturated rings. The summed E-state index contributed by atoms with van der Waals surface area (Å²) in [5, 5.41) is 13.8. The molecule has 0 radical (unpaired) electrons. The number of aryl methyl sites for hydroxylation is 1. The summed E-state index contributed by atoms with van der Waals surface area (Å²) in [7, 11) is -0.542. The zero-order valence-corrected chi connectivity index (χ0v) is 12.8. The maximum Gasteiger partial charge on any atom is 0.273 e. The highest BCUT2D eigenvalue weighted by atomic mass is 32.2. The summed E-state index contributed by atoms with van der Waals surface area (Å²) in [4.78, 5) is 10.4. The minimum atomic E-state index is -3.72. The molecule has 0 aliphatic heterocycles. The second-order valence-electron chi connectivity index (χ2n) is 4.57. The number of hydrogen-bond donors (Lipinski definition) is 1. The summed E-state index contributed by atoms with van der Waals surface area (Å²) in [5.41, 5.74) is 0.886. The second kappa shape index (κ2) is 6.29. The van der Waals surface area contributed by atoms with Gasteiger partial charge in [-0.25, -0.2) is 8.42 Å². The van der Waals surface area contributed by atoms with E-state index < -0.39 is 14.9 Å². The van der Waals surface area contributed by atoms with Crippen molar-refractivity contribution in [2.45, 2.75) is 18.7 Å². The van der Waals surface area contributed by atoms with Crippen LogP contribution < -0.4 is 5.32 Å². The number of nitrogens with zero attached hydrogens (tertiary/aromatic N) is 2. The van der Waals surface area contributed by atoms with Crippen molar-refractivity contribution in [2.24, 2.45) is 0 Å². The summed E-state index contributed by atoms with van der Waals surface area (Å²) in [6, 6.07) is 2.58. The number of sulfonamides is 1. The fraction of sp³-hybridized carbons (Fsp3) is 0.500. The zero-order chi connectivity index (χ0) is 15.5. The van der Waals surface area contributed by atoms with Gasteiger partial charge >= 0.3 is 0 Å². The smallest absolute Gasteiger partial charge is 0.273 e. The summed E-state index contributed by atoms with van der Waals surface area (Å²) < 4.78 is 25.9. The van der Waals surface area contributed by atoms with Crippen LogP contribution in [0, 0.1) is 24.0 Å². The van der Waals surface area contributed by atoms with E-state index in [1.807, 2.05) is 0 Å². The van der Waals surface area contributed by atoms with Gasteiger partial charge in [-0.05, 0) is 32.5 Å². The summed E-state index contributed by atoms with van der Waals surface area (Å²) in [6.07, 6.45) is 0. The van der Waals surface area contributed by atoms with E-state index in [1.54, 1.807) is 20.9 Å². The minimum absolute atomic E-state index is 0.0501. The van der Waals surface area contributed by atoms with Crippen LogP contribution in [0.2, 0.25) is 0 Å². The Morgan fingerprint density at radius 3 is 2.45 bits per heavy atom. The van der Waals surface area contributed by atoms with Gasteiger partial charge in [-0.15, -0.1) is 0 Å². The fourth-order valence-corrected chi connectivity index (χ4v) is 2.99. The van der Waals surface area contributed by atoms with Crippen molar-refractivity contribution >= 4 is 15.7 Å². The molecule has 112 valence electrons. The highest BCUT2D eigenvalue weighted by Crippen LogP contribution is 2.27. The van der Waals surface area contributed by atoms with Gasteiger partial charge in [0.2, 0.25) is 10.0 Å². The third-order valence-electron chi connectivity index (χ3n) is 3.20. The molecule has 1 aromatic carbocycles. The van der Waals surface area contributed by atoms with Gasteiger partial charge in [-0.2, -0.15) is 4.31 Å². The molecular formula is C12H19N3O4S. The van der Waals surface area contributed by atoms with Gasteiger partial charge in [0.1, 0.15) is 0 Å². The quantitative estimate of drug-likeness (QED) is 0.626. The highest BCUT2D eigenvalue weighted by molar-refractivity contribution is 7.89. The van der Waals surface area contributed by atoms with Gasteiger partial charge < -0.3 is 5.32 Å². The monoisotopic (exact) mass is 301 g/mol. The minimum Gasteiger partial charge on any atom is -0.318 e. The van der Waals surface area contributed by atoms with Gasteiger partial charge in [0, 0.05) is 31.8 Å². The van der Waals surface area contributed by atoms with Crippen molar-refractivity contribution in [1.29, 1.82) is 0 Å². The number of nitro groups is 1. The number of nitrogens with one attached hydrogen (secondary N) is 1. The second-order valence-corrected chi connectivity index (χ2v) is 6.62. The number of nitro benzene ring substituents is 1. The van der Waals surface area contributed by atoms with E-state index in [1.165, 1.54) is 17.4 Å². The lowest BCUT2D eigenvalue weighted by Gasteiger charge is -2.17. The van der Waals surface area contributed by atoms with Crippen molar-refractivity contribution < 1.29 is 13.3 Å². The van der Waals surface area contributed by atoms with Gasteiger partial charge in [0.25, 0.3) is 5.69 Å². The maximum atomic E-state index is 12.4. The first-order valence-electron chi connectivity index (χ1n) is 6.08. The van der Waals surface area contributed by atoms with Crippen molar-refractivity contribution in [2.75, 3.05) is 27.2 Å². The van der Waals surface area contributed by atoms with E-state index in [0.717, 1.165) is 6.07 Å². The van der Waals surface area contributed by atoms with Gasteiger partial charge in [-0.3, -0.25) is 10.1 Å². The molecule has 0 amide bonds. The molecule has 1 N–H and O–H groups in total. The third kappa shape index (κ3) is 3.33. The zero-order valence-electron chi connectivity index (χ0n) is 12.0. The van der Waals surface area contributed by atoms with E-state index in [2.05, 4.69) is 5.32 Å². The number of rotatable bonds is 6. The molecule has 7 nitrogen and oxygen atoms in total. The van der Waals surface area contributed by atoms with Crippen LogP contribution in [0.1, 0.15) is 11.1 Å². The molecule has 20 heavy (non-hydrogen) atoms. The Balaban J connectivity index is 3.29. The summed E-state index contributed by atoms with van der Waals surface area (Å²) in [5.74, 6) is 0. The normalized spacial score (nSPS) is 11.8. The number of likely N-dealkylation sites (N-methyl/N-ethyl adjacent to an activating group) is 2. The molecule has 0 bridgehead atoms. The molecule has 0 aromatic heterocycles. The van der Waals surface area contributed by atoms with Crippen molar-refractivity contribution in [3.05, 3.63) is 33.4 Å². The molecule has 8 heteroatoms. The lowest BCUT2D eigenvalue weighted by molar-refractivity contribution is -0.385. The summed E-state index contributed by atoms with van der Waals surface area (Å²) >= 11 is 0. The predicted molar refractivity (Wildman–Crippen MR) is 76.3 cm³/mol. The summed E-state index contributed by atoms with van der Waals surface area (Å²) in [6.45, 7) is 4.06. The van der Waals surface area contributed by atoms with Gasteiger partial charge in [-0.1, -0.05) is 0 Å². The average molecular weight is 301 g/mol. The first kappa shape index (κ1) is 16.5. The molecule has 0 saturated carbocycles. The van der Waals surface area contributed by atoms with E-state index in [0.29, 0.717) is 24.2 Å². The molecule has 1 aromatic rings. The largest absolute Gasteiger partial charge is 0.318 e. The molecule has 0 atom stereocenters. The first-order chi connectivity index (χ1) is 9.21. The van der Waals surface area contributed by atoms with Gasteiger partial charge in [0.15, 0.2) is 0 Å². The Morgan fingerprint density at radius 2 is 1.95 bits per heavy atom. The lowest BCUT2D eigenvalue weighted by Crippen LogP contribution is -2.32. The van der Waals surface area contributed by atoms with E-state index >= 15 is 0 Å². The van der Waals surface area contributed by atoms with Crippen LogP contribution in [0.5, 0.6) is 0 Å². The Hall–Kier alpha value is -1.51. The molecular weight excluding hydrogens is 282 g/mol. The standard InChI is InChI=1S/C12H19N3O4S/c1-9-7-11(8-12(10(9)2)15(16)17)20(18,19)14(4)6-5-13-3/h7-8,13H,5-6H2,1-4H3. The average Bonchev–Trinajstić information content (AvgIpc) is 2.38. The lowest BCUT2D eigenvalue weighted by atomic mass is 10.1. The van der Waals surface area contributed by atoms with Crippen LogP contribution in [0.15, 0.2) is 17.0 Å². The van der Waals surface area contributed by atoms with Crippen molar-refractivity contribution in [3.63, 3.8) is 0 Å². The maximum absolute atomic E-state index is 12.4. The van der Waals surface area contributed by atoms with Crippen molar-refractivity contribution in [3.8, 4) is 0 Å².